The van der Waals surface area contributed by atoms with Gasteiger partial charge >= 0.3 is 0 Å². The minimum atomic E-state index is 0.102. The molecule has 0 fully saturated rings. The van der Waals surface area contributed by atoms with Gasteiger partial charge in [0.1, 0.15) is 6.29 Å². The van der Waals surface area contributed by atoms with Crippen LogP contribution >= 0.6 is 0 Å². The molecule has 0 aliphatic carbocycles. The van der Waals surface area contributed by atoms with Crippen LogP contribution in [0.4, 0.5) is 0 Å². The van der Waals surface area contributed by atoms with Gasteiger partial charge < -0.3 is 0 Å². The van der Waals surface area contributed by atoms with Crippen molar-refractivity contribution in [2.45, 2.75) is 13.0 Å². The second kappa shape index (κ2) is 2.73. The molecule has 1 unspecified atom stereocenters. The Bertz CT molecular complexity index is 546. The van der Waals surface area contributed by atoms with Gasteiger partial charge in [-0.1, -0.05) is 12.1 Å². The monoisotopic (exact) mass is 200 g/mol. The fraction of sp³-hybridized carbons (Fsp3) is 0.200. The maximum Gasteiger partial charge on any atom is 0.182 e. The molecule has 5 heteroatoms. The van der Waals surface area contributed by atoms with Crippen molar-refractivity contribution < 1.29 is 4.79 Å². The molecule has 0 radical (unpaired) electrons. The van der Waals surface area contributed by atoms with Crippen LogP contribution in [-0.4, -0.2) is 26.5 Å². The molecular weight excluding hydrogens is 192 g/mol. The first kappa shape index (κ1) is 8.28. The van der Waals surface area contributed by atoms with Crippen molar-refractivity contribution >= 4 is 6.29 Å². The number of aromatic nitrogens is 4. The first-order chi connectivity index (χ1) is 7.31. The molecule has 5 nitrogen and oxygen atoms in total. The van der Waals surface area contributed by atoms with E-state index < -0.39 is 0 Å². The molecule has 0 spiro atoms. The first-order valence-electron chi connectivity index (χ1n) is 4.68. The average molecular weight is 200 g/mol. The standard InChI is InChI=1S/C10H8N4O/c1-6-9-4-7(5-15)2-3-8(9)10-11-12-13-14(6)10/h2-6H,1H3. The lowest BCUT2D eigenvalue weighted by Crippen LogP contribution is -2.03. The zero-order valence-electron chi connectivity index (χ0n) is 8.08. The first-order valence-corrected chi connectivity index (χ1v) is 4.68. The summed E-state index contributed by atoms with van der Waals surface area (Å²) in [5.74, 6) is 0.773. The molecule has 1 atom stereocenters. The summed E-state index contributed by atoms with van der Waals surface area (Å²) in [6, 6.07) is 5.65. The molecule has 2 aromatic rings. The fourth-order valence-corrected chi connectivity index (χ4v) is 1.97. The third-order valence-electron chi connectivity index (χ3n) is 2.76. The highest BCUT2D eigenvalue weighted by Crippen LogP contribution is 2.36. The number of aldehydes is 1. The highest BCUT2D eigenvalue weighted by atomic mass is 16.1. The summed E-state index contributed by atoms with van der Waals surface area (Å²) < 4.78 is 1.76. The van der Waals surface area contributed by atoms with Crippen molar-refractivity contribution in [2.24, 2.45) is 0 Å². The summed E-state index contributed by atoms with van der Waals surface area (Å²) in [5, 5.41) is 11.5. The molecular formula is C10H8N4O. The normalized spacial score (nSPS) is 17.3. The van der Waals surface area contributed by atoms with Gasteiger partial charge in [0.05, 0.1) is 6.04 Å². The SMILES string of the molecule is CC1c2cc(C=O)ccc2-c2nnnn21. The van der Waals surface area contributed by atoms with Crippen LogP contribution < -0.4 is 0 Å². The molecule has 74 valence electrons. The minimum Gasteiger partial charge on any atom is -0.298 e. The highest BCUT2D eigenvalue weighted by Gasteiger charge is 2.27. The topological polar surface area (TPSA) is 60.7 Å². The number of tetrazole rings is 1. The van der Waals surface area contributed by atoms with Gasteiger partial charge in [-0.05, 0) is 29.0 Å². The Morgan fingerprint density at radius 2 is 2.33 bits per heavy atom. The van der Waals surface area contributed by atoms with Crippen molar-refractivity contribution in [1.82, 2.24) is 20.2 Å². The molecule has 0 N–H and O–H groups in total. The molecule has 3 rings (SSSR count). The second-order valence-corrected chi connectivity index (χ2v) is 3.59. The van der Waals surface area contributed by atoms with Crippen molar-refractivity contribution in [2.75, 3.05) is 0 Å². The Labute approximate surface area is 85.7 Å². The van der Waals surface area contributed by atoms with Crippen molar-refractivity contribution in [3.63, 3.8) is 0 Å². The summed E-state index contributed by atoms with van der Waals surface area (Å²) in [5.41, 5.74) is 2.77. The summed E-state index contributed by atoms with van der Waals surface area (Å²) in [6.45, 7) is 2.01. The van der Waals surface area contributed by atoms with Crippen molar-refractivity contribution in [3.05, 3.63) is 29.3 Å². The van der Waals surface area contributed by atoms with E-state index in [1.54, 1.807) is 10.7 Å². The van der Waals surface area contributed by atoms with Gasteiger partial charge in [-0.25, -0.2) is 4.68 Å². The number of benzene rings is 1. The van der Waals surface area contributed by atoms with Gasteiger partial charge in [0.25, 0.3) is 0 Å². The maximum absolute atomic E-state index is 10.7. The van der Waals surface area contributed by atoms with E-state index in [2.05, 4.69) is 15.5 Å². The van der Waals surface area contributed by atoms with E-state index in [9.17, 15) is 4.79 Å². The lowest BCUT2D eigenvalue weighted by Gasteiger charge is -2.05. The van der Waals surface area contributed by atoms with Crippen molar-refractivity contribution in [1.29, 1.82) is 0 Å². The molecule has 0 bridgehead atoms. The predicted octanol–water partition coefficient (Wildman–Crippen LogP) is 1.08. The number of carbonyl (C=O) groups is 1. The van der Waals surface area contributed by atoms with Gasteiger partial charge in [0.15, 0.2) is 5.82 Å². The largest absolute Gasteiger partial charge is 0.298 e. The van der Waals surface area contributed by atoms with Crippen LogP contribution in [0.15, 0.2) is 18.2 Å². The Hall–Kier alpha value is -2.04. The molecule has 1 aliphatic rings. The quantitative estimate of drug-likeness (QED) is 0.646. The van der Waals surface area contributed by atoms with Crippen LogP contribution in [0, 0.1) is 0 Å². The summed E-state index contributed by atoms with van der Waals surface area (Å²) in [6.07, 6.45) is 0.847. The third kappa shape index (κ3) is 0.971. The number of hydrogen-bond acceptors (Lipinski definition) is 4. The van der Waals surface area contributed by atoms with Crippen LogP contribution in [0.3, 0.4) is 0 Å². The van der Waals surface area contributed by atoms with E-state index in [0.717, 1.165) is 23.2 Å². The molecule has 0 saturated carbocycles. The zero-order chi connectivity index (χ0) is 10.4. The van der Waals surface area contributed by atoms with Crippen LogP contribution in [0.2, 0.25) is 0 Å². The van der Waals surface area contributed by atoms with E-state index in [1.165, 1.54) is 0 Å². The second-order valence-electron chi connectivity index (χ2n) is 3.59. The van der Waals surface area contributed by atoms with Gasteiger partial charge in [-0.15, -0.1) is 5.10 Å². The molecule has 2 heterocycles. The Kier molecular flexibility index (Phi) is 1.50. The van der Waals surface area contributed by atoms with E-state index in [0.29, 0.717) is 5.56 Å². The summed E-state index contributed by atoms with van der Waals surface area (Å²) in [4.78, 5) is 10.7. The van der Waals surface area contributed by atoms with E-state index >= 15 is 0 Å². The van der Waals surface area contributed by atoms with Crippen LogP contribution in [-0.2, 0) is 0 Å². The fourth-order valence-electron chi connectivity index (χ4n) is 1.97. The number of nitrogens with zero attached hydrogens (tertiary/aromatic N) is 4. The minimum absolute atomic E-state index is 0.102. The van der Waals surface area contributed by atoms with Crippen molar-refractivity contribution in [3.8, 4) is 11.4 Å². The van der Waals surface area contributed by atoms with Gasteiger partial charge in [0.2, 0.25) is 0 Å². The smallest absolute Gasteiger partial charge is 0.182 e. The lowest BCUT2D eigenvalue weighted by atomic mass is 10.0. The number of fused-ring (bicyclic) bond motifs is 3. The van der Waals surface area contributed by atoms with Crippen LogP contribution in [0.5, 0.6) is 0 Å². The summed E-state index contributed by atoms with van der Waals surface area (Å²) in [7, 11) is 0. The molecule has 1 aromatic carbocycles. The molecule has 1 aliphatic heterocycles. The Balaban J connectivity index is 2.28. The van der Waals surface area contributed by atoms with E-state index in [4.69, 9.17) is 0 Å². The molecule has 0 saturated heterocycles. The molecule has 1 aromatic heterocycles. The number of carbonyl (C=O) groups excluding carboxylic acids is 1. The van der Waals surface area contributed by atoms with Crippen LogP contribution in [0.25, 0.3) is 11.4 Å². The third-order valence-corrected chi connectivity index (χ3v) is 2.76. The van der Waals surface area contributed by atoms with Gasteiger partial charge in [0, 0.05) is 11.1 Å². The average Bonchev–Trinajstić information content (AvgIpc) is 2.83. The number of hydrogen-bond donors (Lipinski definition) is 0. The Morgan fingerprint density at radius 3 is 3.13 bits per heavy atom. The Morgan fingerprint density at radius 1 is 1.47 bits per heavy atom. The molecule has 15 heavy (non-hydrogen) atoms. The molecule has 0 amide bonds. The maximum atomic E-state index is 10.7. The highest BCUT2D eigenvalue weighted by molar-refractivity contribution is 5.78. The van der Waals surface area contributed by atoms with Crippen LogP contribution in [0.1, 0.15) is 28.9 Å². The van der Waals surface area contributed by atoms with Gasteiger partial charge in [-0.3, -0.25) is 4.79 Å². The van der Waals surface area contributed by atoms with E-state index in [1.807, 2.05) is 19.1 Å². The van der Waals surface area contributed by atoms with E-state index in [-0.39, 0.29) is 6.04 Å². The summed E-state index contributed by atoms with van der Waals surface area (Å²) >= 11 is 0. The van der Waals surface area contributed by atoms with Gasteiger partial charge in [-0.2, -0.15) is 0 Å². The lowest BCUT2D eigenvalue weighted by molar-refractivity contribution is 0.112. The number of rotatable bonds is 1. The zero-order valence-corrected chi connectivity index (χ0v) is 8.08. The predicted molar refractivity (Wildman–Crippen MR) is 52.5 cm³/mol.